The van der Waals surface area contributed by atoms with Crippen LogP contribution < -0.4 is 10.6 Å². The number of carbonyl (C=O) groups is 1. The zero-order valence-electron chi connectivity index (χ0n) is 10.6. The van der Waals surface area contributed by atoms with Crippen LogP contribution in [0.25, 0.3) is 0 Å². The van der Waals surface area contributed by atoms with Crippen LogP contribution in [0.1, 0.15) is 46.0 Å². The second-order valence-corrected chi connectivity index (χ2v) is 4.04. The Hall–Kier alpha value is -0.610. The molecule has 0 aromatic carbocycles. The second-order valence-electron chi connectivity index (χ2n) is 4.04. The lowest BCUT2D eigenvalue weighted by Crippen LogP contribution is -2.40. The van der Waals surface area contributed by atoms with E-state index in [0.717, 1.165) is 38.6 Å². The van der Waals surface area contributed by atoms with Gasteiger partial charge in [0.05, 0.1) is 6.54 Å². The largest absolute Gasteiger partial charge is 0.396 e. The molecule has 0 aliphatic carbocycles. The van der Waals surface area contributed by atoms with Gasteiger partial charge < -0.3 is 15.7 Å². The molecule has 0 bridgehead atoms. The maximum atomic E-state index is 11.4. The predicted octanol–water partition coefficient (Wildman–Crippen LogP) is 1.04. The Morgan fingerprint density at radius 2 is 1.88 bits per heavy atom. The molecule has 0 fully saturated rings. The van der Waals surface area contributed by atoms with E-state index < -0.39 is 0 Å². The van der Waals surface area contributed by atoms with E-state index in [1.54, 1.807) is 0 Å². The summed E-state index contributed by atoms with van der Waals surface area (Å²) < 4.78 is 0. The summed E-state index contributed by atoms with van der Waals surface area (Å²) in [6.45, 7) is 5.66. The number of aliphatic hydroxyl groups is 1. The summed E-state index contributed by atoms with van der Waals surface area (Å²) in [7, 11) is 0. The molecule has 16 heavy (non-hydrogen) atoms. The highest BCUT2D eigenvalue weighted by Gasteiger charge is 2.06. The summed E-state index contributed by atoms with van der Waals surface area (Å²) in [5, 5.41) is 14.7. The molecular formula is C12H26N2O2. The van der Waals surface area contributed by atoms with E-state index in [2.05, 4.69) is 24.5 Å². The monoisotopic (exact) mass is 230 g/mol. The molecule has 4 nitrogen and oxygen atoms in total. The summed E-state index contributed by atoms with van der Waals surface area (Å²) >= 11 is 0. The van der Waals surface area contributed by atoms with Crippen LogP contribution in [0.4, 0.5) is 0 Å². The summed E-state index contributed by atoms with van der Waals surface area (Å²) in [6.07, 6.45) is 4.84. The van der Waals surface area contributed by atoms with Gasteiger partial charge in [-0.1, -0.05) is 13.8 Å². The summed E-state index contributed by atoms with van der Waals surface area (Å²) in [6, 6.07) is 0.309. The molecule has 3 N–H and O–H groups in total. The fourth-order valence-electron chi connectivity index (χ4n) is 1.51. The van der Waals surface area contributed by atoms with Crippen LogP contribution in [-0.4, -0.2) is 36.8 Å². The van der Waals surface area contributed by atoms with Crippen LogP contribution in [0.5, 0.6) is 0 Å². The van der Waals surface area contributed by atoms with Crippen LogP contribution >= 0.6 is 0 Å². The van der Waals surface area contributed by atoms with Crippen molar-refractivity contribution in [3.63, 3.8) is 0 Å². The average molecular weight is 230 g/mol. The summed E-state index contributed by atoms with van der Waals surface area (Å²) in [5.74, 6) is 0.0795. The SMILES string of the molecule is CCC(CC)NC(=O)CNCCCCCO. The molecule has 0 unspecified atom stereocenters. The van der Waals surface area contributed by atoms with Crippen molar-refractivity contribution in [2.75, 3.05) is 19.7 Å². The molecule has 0 heterocycles. The second kappa shape index (κ2) is 10.9. The lowest BCUT2D eigenvalue weighted by molar-refractivity contribution is -0.121. The highest BCUT2D eigenvalue weighted by Crippen LogP contribution is 1.95. The number of hydrogen-bond donors (Lipinski definition) is 3. The smallest absolute Gasteiger partial charge is 0.234 e. The molecule has 0 saturated heterocycles. The first-order chi connectivity index (χ1) is 7.74. The van der Waals surface area contributed by atoms with Gasteiger partial charge in [0.25, 0.3) is 0 Å². The van der Waals surface area contributed by atoms with Crippen molar-refractivity contribution in [3.8, 4) is 0 Å². The fraction of sp³-hybridized carbons (Fsp3) is 0.917. The quantitative estimate of drug-likeness (QED) is 0.491. The summed E-state index contributed by atoms with van der Waals surface area (Å²) in [5.41, 5.74) is 0. The minimum Gasteiger partial charge on any atom is -0.396 e. The Balaban J connectivity index is 3.36. The highest BCUT2D eigenvalue weighted by molar-refractivity contribution is 5.78. The third-order valence-corrected chi connectivity index (χ3v) is 2.65. The number of nitrogens with one attached hydrogen (secondary N) is 2. The molecule has 0 atom stereocenters. The molecule has 1 amide bonds. The fourth-order valence-corrected chi connectivity index (χ4v) is 1.51. The van der Waals surface area contributed by atoms with E-state index >= 15 is 0 Å². The van der Waals surface area contributed by atoms with Crippen LogP contribution in [0, 0.1) is 0 Å². The lowest BCUT2D eigenvalue weighted by atomic mass is 10.2. The normalized spacial score (nSPS) is 10.8. The van der Waals surface area contributed by atoms with Gasteiger partial charge in [-0.15, -0.1) is 0 Å². The van der Waals surface area contributed by atoms with Crippen LogP contribution in [-0.2, 0) is 4.79 Å². The van der Waals surface area contributed by atoms with Gasteiger partial charge >= 0.3 is 0 Å². The molecule has 96 valence electrons. The molecule has 0 spiro atoms. The van der Waals surface area contributed by atoms with Crippen LogP contribution in [0.2, 0.25) is 0 Å². The van der Waals surface area contributed by atoms with Gasteiger partial charge in [-0.05, 0) is 38.6 Å². The molecule has 0 aromatic rings. The van der Waals surface area contributed by atoms with Gasteiger partial charge in [-0.2, -0.15) is 0 Å². The molecule has 0 radical (unpaired) electrons. The van der Waals surface area contributed by atoms with Gasteiger partial charge in [-0.25, -0.2) is 0 Å². The minimum absolute atomic E-state index is 0.0795. The van der Waals surface area contributed by atoms with Gasteiger partial charge in [0.1, 0.15) is 0 Å². The minimum atomic E-state index is 0.0795. The molecule has 0 aromatic heterocycles. The average Bonchev–Trinajstić information content (AvgIpc) is 2.30. The Kier molecular flexibility index (Phi) is 10.5. The van der Waals surface area contributed by atoms with Crippen LogP contribution in [0.3, 0.4) is 0 Å². The number of unbranched alkanes of at least 4 members (excludes halogenated alkanes) is 2. The zero-order chi connectivity index (χ0) is 12.2. The van der Waals surface area contributed by atoms with Crippen molar-refractivity contribution >= 4 is 5.91 Å². The van der Waals surface area contributed by atoms with Gasteiger partial charge in [0.2, 0.25) is 5.91 Å². The van der Waals surface area contributed by atoms with Crippen molar-refractivity contribution in [2.24, 2.45) is 0 Å². The topological polar surface area (TPSA) is 61.4 Å². The third-order valence-electron chi connectivity index (χ3n) is 2.65. The molecule has 0 aliphatic rings. The first kappa shape index (κ1) is 15.4. The Morgan fingerprint density at radius 3 is 2.44 bits per heavy atom. The predicted molar refractivity (Wildman–Crippen MR) is 66.3 cm³/mol. The van der Waals surface area contributed by atoms with E-state index in [4.69, 9.17) is 5.11 Å². The van der Waals surface area contributed by atoms with E-state index in [1.807, 2.05) is 0 Å². The van der Waals surface area contributed by atoms with E-state index in [9.17, 15) is 4.79 Å². The maximum Gasteiger partial charge on any atom is 0.234 e. The molecule has 0 rings (SSSR count). The lowest BCUT2D eigenvalue weighted by Gasteiger charge is -2.14. The molecule has 0 saturated carbocycles. The Bertz CT molecular complexity index is 170. The van der Waals surface area contributed by atoms with Crippen molar-refractivity contribution in [3.05, 3.63) is 0 Å². The van der Waals surface area contributed by atoms with E-state index in [0.29, 0.717) is 12.6 Å². The highest BCUT2D eigenvalue weighted by atomic mass is 16.2. The Morgan fingerprint density at radius 1 is 1.19 bits per heavy atom. The number of amides is 1. The van der Waals surface area contributed by atoms with Crippen molar-refractivity contribution in [2.45, 2.75) is 52.0 Å². The van der Waals surface area contributed by atoms with E-state index in [-0.39, 0.29) is 12.5 Å². The molecule has 4 heteroatoms. The molecular weight excluding hydrogens is 204 g/mol. The van der Waals surface area contributed by atoms with Crippen LogP contribution in [0.15, 0.2) is 0 Å². The maximum absolute atomic E-state index is 11.4. The van der Waals surface area contributed by atoms with Gasteiger partial charge in [0.15, 0.2) is 0 Å². The van der Waals surface area contributed by atoms with Crippen molar-refractivity contribution < 1.29 is 9.90 Å². The number of rotatable bonds is 10. The Labute approximate surface area is 98.8 Å². The van der Waals surface area contributed by atoms with Gasteiger partial charge in [-0.3, -0.25) is 4.79 Å². The van der Waals surface area contributed by atoms with Crippen molar-refractivity contribution in [1.82, 2.24) is 10.6 Å². The molecule has 0 aliphatic heterocycles. The summed E-state index contributed by atoms with van der Waals surface area (Å²) in [4.78, 5) is 11.4. The number of hydrogen-bond acceptors (Lipinski definition) is 3. The first-order valence-electron chi connectivity index (χ1n) is 6.35. The first-order valence-corrected chi connectivity index (χ1v) is 6.35. The number of aliphatic hydroxyl groups excluding tert-OH is 1. The van der Waals surface area contributed by atoms with Crippen molar-refractivity contribution in [1.29, 1.82) is 0 Å². The number of carbonyl (C=O) groups excluding carboxylic acids is 1. The third kappa shape index (κ3) is 8.68. The van der Waals surface area contributed by atoms with E-state index in [1.165, 1.54) is 0 Å². The zero-order valence-corrected chi connectivity index (χ0v) is 10.6. The van der Waals surface area contributed by atoms with Gasteiger partial charge in [0, 0.05) is 12.6 Å². The standard InChI is InChI=1S/C12H26N2O2/c1-3-11(4-2)14-12(16)10-13-8-6-5-7-9-15/h11,13,15H,3-10H2,1-2H3,(H,14,16).